The maximum Gasteiger partial charge on any atom is 0.306 e. The minimum Gasteiger partial charge on any atom is -0.481 e. The Morgan fingerprint density at radius 3 is 2.53 bits per heavy atom. The molecule has 0 radical (unpaired) electrons. The number of aliphatic carboxylic acids is 1. The first kappa shape index (κ1) is 14.1. The molecule has 0 heterocycles. The number of carboxylic acid groups (broad SMARTS) is 1. The summed E-state index contributed by atoms with van der Waals surface area (Å²) in [5.74, 6) is 2.71. The third-order valence-electron chi connectivity index (χ3n) is 4.18. The second-order valence-corrected chi connectivity index (χ2v) is 6.32. The number of hydrogen-bond acceptors (Lipinski definition) is 1. The van der Waals surface area contributed by atoms with E-state index in [0.29, 0.717) is 12.3 Å². The van der Waals surface area contributed by atoms with Gasteiger partial charge in [-0.2, -0.15) is 0 Å². The van der Waals surface area contributed by atoms with Crippen LogP contribution in [0.15, 0.2) is 0 Å². The smallest absolute Gasteiger partial charge is 0.306 e. The van der Waals surface area contributed by atoms with Crippen LogP contribution in [0.5, 0.6) is 0 Å². The van der Waals surface area contributed by atoms with Gasteiger partial charge in [-0.05, 0) is 42.9 Å². The van der Waals surface area contributed by atoms with Gasteiger partial charge in [-0.1, -0.05) is 20.8 Å². The van der Waals surface area contributed by atoms with Crippen LogP contribution in [-0.2, 0) is 4.79 Å². The van der Waals surface area contributed by atoms with Gasteiger partial charge in [-0.25, -0.2) is 0 Å². The highest BCUT2D eigenvalue weighted by Crippen LogP contribution is 2.44. The Bertz CT molecular complexity index is 306. The van der Waals surface area contributed by atoms with Crippen molar-refractivity contribution in [2.45, 2.75) is 52.9 Å². The number of rotatable bonds is 3. The Morgan fingerprint density at radius 2 is 2.06 bits per heavy atom. The van der Waals surface area contributed by atoms with Crippen LogP contribution >= 0.6 is 0 Å². The molecule has 3 unspecified atom stereocenters. The van der Waals surface area contributed by atoms with Gasteiger partial charge in [0.15, 0.2) is 0 Å². The number of carboxylic acids is 1. The molecule has 1 N–H and O–H groups in total. The molecule has 1 aliphatic carbocycles. The van der Waals surface area contributed by atoms with Crippen LogP contribution in [0.2, 0.25) is 0 Å². The Kier molecular flexibility index (Phi) is 4.62. The predicted octanol–water partition coefficient (Wildman–Crippen LogP) is 3.56. The van der Waals surface area contributed by atoms with Crippen molar-refractivity contribution in [1.82, 2.24) is 0 Å². The lowest BCUT2D eigenvalue weighted by Crippen LogP contribution is -2.35. The standard InChI is InChI=1S/C15H24O2/c1-5-6-7-11-10-12(15(2,3)4)8-9-13(11)14(16)17/h1,11-13H,6-10H2,2-4H3,(H,16,17). The summed E-state index contributed by atoms with van der Waals surface area (Å²) in [7, 11) is 0. The van der Waals surface area contributed by atoms with Crippen LogP contribution in [0.1, 0.15) is 52.9 Å². The number of carbonyl (C=O) groups is 1. The minimum atomic E-state index is -0.639. The summed E-state index contributed by atoms with van der Waals surface area (Å²) in [5, 5.41) is 9.25. The highest BCUT2D eigenvalue weighted by atomic mass is 16.4. The van der Waals surface area contributed by atoms with E-state index in [1.807, 2.05) is 0 Å². The molecule has 0 saturated heterocycles. The monoisotopic (exact) mass is 236 g/mol. The zero-order valence-corrected chi connectivity index (χ0v) is 11.2. The van der Waals surface area contributed by atoms with Crippen molar-refractivity contribution in [3.63, 3.8) is 0 Å². The zero-order chi connectivity index (χ0) is 13.1. The Morgan fingerprint density at radius 1 is 1.41 bits per heavy atom. The predicted molar refractivity (Wildman–Crippen MR) is 69.5 cm³/mol. The fraction of sp³-hybridized carbons (Fsp3) is 0.800. The van der Waals surface area contributed by atoms with Crippen LogP contribution in [0.3, 0.4) is 0 Å². The molecule has 1 aliphatic rings. The summed E-state index contributed by atoms with van der Waals surface area (Å²) in [4.78, 5) is 11.2. The van der Waals surface area contributed by atoms with Crippen molar-refractivity contribution in [2.75, 3.05) is 0 Å². The fourth-order valence-corrected chi connectivity index (χ4v) is 2.96. The van der Waals surface area contributed by atoms with Gasteiger partial charge in [0.2, 0.25) is 0 Å². The summed E-state index contributed by atoms with van der Waals surface area (Å²) < 4.78 is 0. The molecule has 0 aliphatic heterocycles. The SMILES string of the molecule is C#CCCC1CC(C(C)(C)C)CCC1C(=O)O. The van der Waals surface area contributed by atoms with E-state index in [2.05, 4.69) is 26.7 Å². The van der Waals surface area contributed by atoms with Crippen LogP contribution in [0, 0.1) is 35.5 Å². The molecule has 0 aromatic rings. The van der Waals surface area contributed by atoms with E-state index in [9.17, 15) is 9.90 Å². The molecule has 2 nitrogen and oxygen atoms in total. The van der Waals surface area contributed by atoms with Crippen molar-refractivity contribution >= 4 is 5.97 Å². The topological polar surface area (TPSA) is 37.3 Å². The molecule has 3 atom stereocenters. The van der Waals surface area contributed by atoms with E-state index in [4.69, 9.17) is 6.42 Å². The van der Waals surface area contributed by atoms with Crippen LogP contribution in [-0.4, -0.2) is 11.1 Å². The molecule has 96 valence electrons. The number of hydrogen-bond donors (Lipinski definition) is 1. The summed E-state index contributed by atoms with van der Waals surface area (Å²) in [5.41, 5.74) is 0.276. The maximum atomic E-state index is 11.2. The van der Waals surface area contributed by atoms with Gasteiger partial charge >= 0.3 is 5.97 Å². The molecule has 1 saturated carbocycles. The van der Waals surface area contributed by atoms with Gasteiger partial charge in [0, 0.05) is 6.42 Å². The molecule has 1 rings (SSSR count). The highest BCUT2D eigenvalue weighted by molar-refractivity contribution is 5.70. The fourth-order valence-electron chi connectivity index (χ4n) is 2.96. The van der Waals surface area contributed by atoms with Crippen LogP contribution in [0.4, 0.5) is 0 Å². The molecule has 1 fully saturated rings. The second-order valence-electron chi connectivity index (χ2n) is 6.32. The molecule has 0 spiro atoms. The van der Waals surface area contributed by atoms with E-state index >= 15 is 0 Å². The van der Waals surface area contributed by atoms with Gasteiger partial charge in [0.25, 0.3) is 0 Å². The average Bonchev–Trinajstić information content (AvgIpc) is 2.24. The van der Waals surface area contributed by atoms with E-state index in [1.165, 1.54) is 0 Å². The summed E-state index contributed by atoms with van der Waals surface area (Å²) in [6.45, 7) is 6.74. The molecule has 0 aromatic heterocycles. The Hall–Kier alpha value is -0.970. The normalized spacial score (nSPS) is 29.6. The second kappa shape index (κ2) is 5.58. The molecule has 0 bridgehead atoms. The van der Waals surface area contributed by atoms with E-state index in [-0.39, 0.29) is 17.3 Å². The van der Waals surface area contributed by atoms with Gasteiger partial charge in [0.05, 0.1) is 5.92 Å². The Labute approximate surface area is 105 Å². The first-order valence-corrected chi connectivity index (χ1v) is 6.52. The first-order chi connectivity index (χ1) is 7.86. The summed E-state index contributed by atoms with van der Waals surface area (Å²) in [6, 6.07) is 0. The largest absolute Gasteiger partial charge is 0.481 e. The average molecular weight is 236 g/mol. The molecular weight excluding hydrogens is 212 g/mol. The molecule has 17 heavy (non-hydrogen) atoms. The first-order valence-electron chi connectivity index (χ1n) is 6.52. The molecular formula is C15H24O2. The third-order valence-corrected chi connectivity index (χ3v) is 4.18. The molecule has 0 aromatic carbocycles. The number of terminal acetylenes is 1. The van der Waals surface area contributed by atoms with Crippen molar-refractivity contribution in [2.24, 2.45) is 23.2 Å². The van der Waals surface area contributed by atoms with Gasteiger partial charge in [-0.3, -0.25) is 4.79 Å². The van der Waals surface area contributed by atoms with Gasteiger partial charge in [-0.15, -0.1) is 12.3 Å². The van der Waals surface area contributed by atoms with E-state index in [1.54, 1.807) is 0 Å². The van der Waals surface area contributed by atoms with E-state index in [0.717, 1.165) is 25.7 Å². The van der Waals surface area contributed by atoms with Gasteiger partial charge < -0.3 is 5.11 Å². The molecule has 2 heteroatoms. The van der Waals surface area contributed by atoms with Crippen LogP contribution < -0.4 is 0 Å². The van der Waals surface area contributed by atoms with E-state index < -0.39 is 5.97 Å². The van der Waals surface area contributed by atoms with Crippen molar-refractivity contribution in [3.8, 4) is 12.3 Å². The lowest BCUT2D eigenvalue weighted by molar-refractivity contribution is -0.146. The zero-order valence-electron chi connectivity index (χ0n) is 11.2. The summed E-state index contributed by atoms with van der Waals surface area (Å²) in [6.07, 6.45) is 9.71. The lowest BCUT2D eigenvalue weighted by atomic mass is 9.64. The maximum absolute atomic E-state index is 11.2. The van der Waals surface area contributed by atoms with Crippen molar-refractivity contribution in [1.29, 1.82) is 0 Å². The van der Waals surface area contributed by atoms with Gasteiger partial charge in [0.1, 0.15) is 0 Å². The molecule has 0 amide bonds. The lowest BCUT2D eigenvalue weighted by Gasteiger charge is -2.40. The quantitative estimate of drug-likeness (QED) is 0.761. The Balaban J connectivity index is 2.70. The highest BCUT2D eigenvalue weighted by Gasteiger charge is 2.38. The third kappa shape index (κ3) is 3.77. The summed E-state index contributed by atoms with van der Waals surface area (Å²) >= 11 is 0. The minimum absolute atomic E-state index is 0.179. The van der Waals surface area contributed by atoms with Crippen molar-refractivity contribution < 1.29 is 9.90 Å². The van der Waals surface area contributed by atoms with Crippen LogP contribution in [0.25, 0.3) is 0 Å². The van der Waals surface area contributed by atoms with Crippen molar-refractivity contribution in [3.05, 3.63) is 0 Å².